The van der Waals surface area contributed by atoms with E-state index in [1.807, 2.05) is 0 Å². The smallest absolute Gasteiger partial charge is 0.207 e. The molecule has 4 saturated carbocycles. The molecule has 0 N–H and O–H groups in total. The van der Waals surface area contributed by atoms with Gasteiger partial charge in [-0.15, -0.1) is 0 Å². The molecule has 0 aromatic carbocycles. The fraction of sp³-hybridized carbons (Fsp3) is 1.00. The van der Waals surface area contributed by atoms with Crippen LogP contribution in [0.25, 0.3) is 0 Å². The van der Waals surface area contributed by atoms with Crippen molar-refractivity contribution in [2.75, 3.05) is 0 Å². The zero-order valence-corrected chi connectivity index (χ0v) is 15.8. The summed E-state index contributed by atoms with van der Waals surface area (Å²) in [5, 5.41) is 0. The van der Waals surface area contributed by atoms with E-state index >= 15 is 0 Å². The Morgan fingerprint density at radius 1 is 0.800 bits per heavy atom. The lowest BCUT2D eigenvalue weighted by molar-refractivity contribution is -0.174. The Labute approximate surface area is 149 Å². The molecule has 0 nitrogen and oxygen atoms in total. The third-order valence-electron chi connectivity index (χ3n) is 9.25. The molecule has 4 fully saturated rings. The zero-order chi connectivity index (χ0) is 18.3. The number of halogens is 4. The first-order chi connectivity index (χ1) is 11.5. The highest BCUT2D eigenvalue weighted by Gasteiger charge is 2.64. The first-order valence-electron chi connectivity index (χ1n) is 10.2. The maximum absolute atomic E-state index is 14.2. The summed E-state index contributed by atoms with van der Waals surface area (Å²) in [4.78, 5) is 0. The summed E-state index contributed by atoms with van der Waals surface area (Å²) in [7, 11) is 0. The maximum Gasteiger partial charge on any atom is 0.248 e. The van der Waals surface area contributed by atoms with Crippen molar-refractivity contribution in [1.82, 2.24) is 0 Å². The minimum absolute atomic E-state index is 0.00124. The molecular formula is C21H32F4. The van der Waals surface area contributed by atoms with Crippen LogP contribution in [-0.2, 0) is 0 Å². The van der Waals surface area contributed by atoms with E-state index in [-0.39, 0.29) is 29.6 Å². The Morgan fingerprint density at radius 2 is 1.48 bits per heavy atom. The highest BCUT2D eigenvalue weighted by atomic mass is 19.3. The number of alkyl halides is 4. The fourth-order valence-corrected chi connectivity index (χ4v) is 8.01. The van der Waals surface area contributed by atoms with Crippen LogP contribution in [-0.4, -0.2) is 11.8 Å². The molecule has 0 heterocycles. The van der Waals surface area contributed by atoms with Gasteiger partial charge in [-0.2, -0.15) is 0 Å². The van der Waals surface area contributed by atoms with Crippen molar-refractivity contribution in [3.8, 4) is 0 Å². The number of hydrogen-bond acceptors (Lipinski definition) is 0. The molecule has 0 unspecified atom stereocenters. The first-order valence-corrected chi connectivity index (χ1v) is 10.2. The van der Waals surface area contributed by atoms with Crippen molar-refractivity contribution >= 4 is 0 Å². The topological polar surface area (TPSA) is 0 Å². The van der Waals surface area contributed by atoms with Gasteiger partial charge in [0.2, 0.25) is 11.8 Å². The quantitative estimate of drug-likeness (QED) is 0.444. The Kier molecular flexibility index (Phi) is 3.89. The minimum atomic E-state index is -2.61. The van der Waals surface area contributed by atoms with Gasteiger partial charge in [0, 0.05) is 18.8 Å². The molecule has 0 aliphatic heterocycles. The number of fused-ring (bicyclic) bond motifs is 5. The predicted molar refractivity (Wildman–Crippen MR) is 90.8 cm³/mol. The molecule has 0 bridgehead atoms. The lowest BCUT2D eigenvalue weighted by Crippen LogP contribution is -2.55. The molecule has 0 aromatic rings. The molecule has 4 heteroatoms. The maximum atomic E-state index is 14.2. The van der Waals surface area contributed by atoms with Gasteiger partial charge in [0.15, 0.2) is 0 Å². The SMILES string of the molecule is CC(F)(F)[C@H]1CC[C@H]2[C@@H]3CC[C@H]4CC(F)(F)CC[C@]4(C)[C@H]3CC[C@]12C. The van der Waals surface area contributed by atoms with Crippen molar-refractivity contribution in [3.63, 3.8) is 0 Å². The van der Waals surface area contributed by atoms with Gasteiger partial charge in [0.1, 0.15) is 0 Å². The summed E-state index contributed by atoms with van der Waals surface area (Å²) >= 11 is 0. The van der Waals surface area contributed by atoms with Crippen molar-refractivity contribution in [2.24, 2.45) is 40.4 Å². The third kappa shape index (κ3) is 2.59. The Morgan fingerprint density at radius 3 is 2.16 bits per heavy atom. The Bertz CT molecular complexity index is 539. The highest BCUT2D eigenvalue weighted by molar-refractivity contribution is 5.11. The van der Waals surface area contributed by atoms with Crippen LogP contribution in [0.4, 0.5) is 17.6 Å². The number of rotatable bonds is 1. The van der Waals surface area contributed by atoms with Crippen molar-refractivity contribution in [1.29, 1.82) is 0 Å². The molecule has 0 saturated heterocycles. The molecule has 4 aliphatic carbocycles. The summed E-state index contributed by atoms with van der Waals surface area (Å²) in [6.45, 7) is 5.44. The van der Waals surface area contributed by atoms with Gasteiger partial charge < -0.3 is 0 Å². The van der Waals surface area contributed by atoms with Crippen LogP contribution in [0.2, 0.25) is 0 Å². The molecule has 7 atom stereocenters. The fourth-order valence-electron chi connectivity index (χ4n) is 8.01. The predicted octanol–water partition coefficient (Wildman–Crippen LogP) is 6.94. The van der Waals surface area contributed by atoms with Gasteiger partial charge in [0.25, 0.3) is 0 Å². The lowest BCUT2D eigenvalue weighted by atomic mass is 9.44. The summed E-state index contributed by atoms with van der Waals surface area (Å²) < 4.78 is 56.3. The van der Waals surface area contributed by atoms with Gasteiger partial charge in [-0.1, -0.05) is 13.8 Å². The van der Waals surface area contributed by atoms with E-state index in [0.717, 1.165) is 39.0 Å². The van der Waals surface area contributed by atoms with Gasteiger partial charge in [-0.3, -0.25) is 0 Å². The van der Waals surface area contributed by atoms with E-state index in [1.165, 1.54) is 0 Å². The molecule has 0 spiro atoms. The average Bonchev–Trinajstić information content (AvgIpc) is 2.85. The van der Waals surface area contributed by atoms with Crippen molar-refractivity contribution in [2.45, 2.75) is 90.4 Å². The molecule has 0 amide bonds. The summed E-state index contributed by atoms with van der Waals surface area (Å²) in [5.41, 5.74) is -0.264. The number of hydrogen-bond donors (Lipinski definition) is 0. The molecule has 25 heavy (non-hydrogen) atoms. The standard InChI is InChI=1S/C21H32F4/c1-18-10-11-21(24,25)12-13(18)4-5-14-15-6-7-17(20(3,22)23)19(15,2)9-8-16(14)18/h13-17H,4-12H2,1-3H3/t13-,14-,15-,16-,17-,18-,19-/m0/s1. The van der Waals surface area contributed by atoms with Gasteiger partial charge >= 0.3 is 0 Å². The van der Waals surface area contributed by atoms with E-state index in [1.54, 1.807) is 0 Å². The van der Waals surface area contributed by atoms with Crippen LogP contribution in [0.15, 0.2) is 0 Å². The highest BCUT2D eigenvalue weighted by Crippen LogP contribution is 2.69. The van der Waals surface area contributed by atoms with Crippen LogP contribution < -0.4 is 0 Å². The first kappa shape index (κ1) is 18.1. The second kappa shape index (κ2) is 5.38. The summed E-state index contributed by atoms with van der Waals surface area (Å²) in [6.07, 6.45) is 5.87. The van der Waals surface area contributed by atoms with Crippen LogP contribution in [0.1, 0.15) is 78.6 Å². The molecular weight excluding hydrogens is 328 g/mol. The Balaban J connectivity index is 1.60. The van der Waals surface area contributed by atoms with Gasteiger partial charge in [-0.25, -0.2) is 17.6 Å². The largest absolute Gasteiger partial charge is 0.248 e. The minimum Gasteiger partial charge on any atom is -0.207 e. The van der Waals surface area contributed by atoms with Crippen molar-refractivity contribution < 1.29 is 17.6 Å². The van der Waals surface area contributed by atoms with Gasteiger partial charge in [0.05, 0.1) is 0 Å². The van der Waals surface area contributed by atoms with E-state index < -0.39 is 17.8 Å². The zero-order valence-electron chi connectivity index (χ0n) is 15.8. The van der Waals surface area contributed by atoms with E-state index in [2.05, 4.69) is 13.8 Å². The van der Waals surface area contributed by atoms with Gasteiger partial charge in [-0.05, 0) is 86.4 Å². The lowest BCUT2D eigenvalue weighted by Gasteiger charge is -2.61. The summed E-state index contributed by atoms with van der Waals surface area (Å²) in [5.74, 6) is -4.20. The summed E-state index contributed by atoms with van der Waals surface area (Å²) in [6, 6.07) is 0. The van der Waals surface area contributed by atoms with Crippen molar-refractivity contribution in [3.05, 3.63) is 0 Å². The second-order valence-electron chi connectivity index (χ2n) is 10.3. The molecule has 144 valence electrons. The average molecular weight is 360 g/mol. The molecule has 0 aromatic heterocycles. The molecule has 4 aliphatic rings. The second-order valence-corrected chi connectivity index (χ2v) is 10.3. The molecule has 0 radical (unpaired) electrons. The third-order valence-corrected chi connectivity index (χ3v) is 9.25. The van der Waals surface area contributed by atoms with E-state index in [0.29, 0.717) is 30.6 Å². The Hall–Kier alpha value is -0.280. The van der Waals surface area contributed by atoms with E-state index in [4.69, 9.17) is 0 Å². The molecule has 4 rings (SSSR count). The van der Waals surface area contributed by atoms with Crippen LogP contribution >= 0.6 is 0 Å². The van der Waals surface area contributed by atoms with Crippen LogP contribution in [0.5, 0.6) is 0 Å². The monoisotopic (exact) mass is 360 g/mol. The van der Waals surface area contributed by atoms with Crippen LogP contribution in [0.3, 0.4) is 0 Å². The normalized spacial score (nSPS) is 52.2. The van der Waals surface area contributed by atoms with E-state index in [9.17, 15) is 17.6 Å². The van der Waals surface area contributed by atoms with Crippen LogP contribution in [0, 0.1) is 40.4 Å².